The molecule has 2 aromatic rings. The molecule has 90 valence electrons. The first-order chi connectivity index (χ1) is 7.91. The van der Waals surface area contributed by atoms with E-state index >= 15 is 0 Å². The SMILES string of the molecule is CC(=O)Nn1c(C)nc2sc(C)c(C)c2c1=O. The van der Waals surface area contributed by atoms with Gasteiger partial charge in [0.15, 0.2) is 0 Å². The van der Waals surface area contributed by atoms with Gasteiger partial charge in [0, 0.05) is 11.8 Å². The number of amides is 1. The first-order valence-electron chi connectivity index (χ1n) is 5.18. The van der Waals surface area contributed by atoms with Crippen molar-refractivity contribution in [3.63, 3.8) is 0 Å². The lowest BCUT2D eigenvalue weighted by molar-refractivity contribution is -0.115. The highest BCUT2D eigenvalue weighted by atomic mass is 32.1. The molecular formula is C11H13N3O2S. The average molecular weight is 251 g/mol. The Bertz CT molecular complexity index is 669. The molecule has 0 aliphatic rings. The molecule has 2 aromatic heterocycles. The number of carbonyl (C=O) groups excluding carboxylic acids is 1. The van der Waals surface area contributed by atoms with Gasteiger partial charge in [0.05, 0.1) is 5.39 Å². The molecule has 0 atom stereocenters. The molecule has 0 fully saturated rings. The number of rotatable bonds is 1. The molecule has 0 bridgehead atoms. The largest absolute Gasteiger partial charge is 0.281 e. The van der Waals surface area contributed by atoms with Crippen LogP contribution in [0.15, 0.2) is 4.79 Å². The van der Waals surface area contributed by atoms with Crippen LogP contribution in [0.4, 0.5) is 0 Å². The third kappa shape index (κ3) is 1.84. The summed E-state index contributed by atoms with van der Waals surface area (Å²) in [6.45, 7) is 6.91. The molecule has 1 N–H and O–H groups in total. The summed E-state index contributed by atoms with van der Waals surface area (Å²) in [5, 5.41) is 0.590. The molecule has 0 unspecified atom stereocenters. The Balaban J connectivity index is 2.83. The summed E-state index contributed by atoms with van der Waals surface area (Å²) in [7, 11) is 0. The maximum Gasteiger partial charge on any atom is 0.281 e. The fourth-order valence-corrected chi connectivity index (χ4v) is 2.75. The van der Waals surface area contributed by atoms with Gasteiger partial charge >= 0.3 is 0 Å². The Hall–Kier alpha value is -1.69. The maximum absolute atomic E-state index is 12.2. The van der Waals surface area contributed by atoms with Crippen molar-refractivity contribution in [3.8, 4) is 0 Å². The number of aromatic nitrogens is 2. The van der Waals surface area contributed by atoms with Crippen molar-refractivity contribution < 1.29 is 4.79 Å². The van der Waals surface area contributed by atoms with Crippen LogP contribution in [0.5, 0.6) is 0 Å². The molecule has 0 aliphatic carbocycles. The third-order valence-electron chi connectivity index (χ3n) is 2.64. The first-order valence-corrected chi connectivity index (χ1v) is 6.00. The van der Waals surface area contributed by atoms with Gasteiger partial charge in [-0.15, -0.1) is 11.3 Å². The van der Waals surface area contributed by atoms with Crippen LogP contribution in [0, 0.1) is 20.8 Å². The van der Waals surface area contributed by atoms with Gasteiger partial charge in [0.1, 0.15) is 10.7 Å². The van der Waals surface area contributed by atoms with Crippen LogP contribution >= 0.6 is 11.3 Å². The number of hydrogen-bond donors (Lipinski definition) is 1. The molecule has 5 nitrogen and oxygen atoms in total. The smallest absolute Gasteiger partial charge is 0.274 e. The second-order valence-electron chi connectivity index (χ2n) is 3.93. The minimum absolute atomic E-state index is 0.218. The number of carbonyl (C=O) groups is 1. The number of nitrogens with one attached hydrogen (secondary N) is 1. The van der Waals surface area contributed by atoms with E-state index in [0.29, 0.717) is 11.2 Å². The fourth-order valence-electron chi connectivity index (χ4n) is 1.68. The average Bonchev–Trinajstić information content (AvgIpc) is 2.49. The first kappa shape index (κ1) is 11.8. The topological polar surface area (TPSA) is 64.0 Å². The lowest BCUT2D eigenvalue weighted by Crippen LogP contribution is -2.34. The summed E-state index contributed by atoms with van der Waals surface area (Å²) in [4.78, 5) is 29.4. The van der Waals surface area contributed by atoms with Crippen molar-refractivity contribution in [2.24, 2.45) is 0 Å². The highest BCUT2D eigenvalue weighted by Gasteiger charge is 2.14. The van der Waals surface area contributed by atoms with E-state index in [1.807, 2.05) is 13.8 Å². The van der Waals surface area contributed by atoms with Crippen molar-refractivity contribution in [3.05, 3.63) is 26.6 Å². The number of aryl methyl sites for hydroxylation is 3. The van der Waals surface area contributed by atoms with E-state index < -0.39 is 0 Å². The Labute approximate surface area is 102 Å². The zero-order valence-electron chi connectivity index (χ0n) is 10.1. The van der Waals surface area contributed by atoms with Crippen LogP contribution in [-0.4, -0.2) is 15.6 Å². The van der Waals surface area contributed by atoms with Crippen molar-refractivity contribution in [2.45, 2.75) is 27.7 Å². The van der Waals surface area contributed by atoms with Crippen LogP contribution in [0.25, 0.3) is 10.2 Å². The van der Waals surface area contributed by atoms with Crippen LogP contribution in [0.3, 0.4) is 0 Å². The number of nitrogens with zero attached hydrogens (tertiary/aromatic N) is 2. The van der Waals surface area contributed by atoms with Gasteiger partial charge in [-0.25, -0.2) is 9.66 Å². The lowest BCUT2D eigenvalue weighted by atomic mass is 10.2. The highest BCUT2D eigenvalue weighted by molar-refractivity contribution is 7.18. The molecule has 0 spiro atoms. The minimum atomic E-state index is -0.291. The molecule has 0 saturated carbocycles. The van der Waals surface area contributed by atoms with E-state index in [4.69, 9.17) is 0 Å². The van der Waals surface area contributed by atoms with Gasteiger partial charge in [-0.1, -0.05) is 0 Å². The molecular weight excluding hydrogens is 238 g/mol. The predicted octanol–water partition coefficient (Wildman–Crippen LogP) is 1.47. The Morgan fingerprint density at radius 1 is 1.35 bits per heavy atom. The second-order valence-corrected chi connectivity index (χ2v) is 5.13. The molecule has 0 saturated heterocycles. The van der Waals surface area contributed by atoms with Crippen molar-refractivity contribution in [2.75, 3.05) is 5.43 Å². The Kier molecular flexibility index (Phi) is 2.74. The van der Waals surface area contributed by atoms with E-state index in [-0.39, 0.29) is 11.5 Å². The van der Waals surface area contributed by atoms with E-state index in [1.165, 1.54) is 22.9 Å². The summed E-state index contributed by atoms with van der Waals surface area (Å²) < 4.78 is 1.20. The number of thiophene rings is 1. The van der Waals surface area contributed by atoms with Gasteiger partial charge in [-0.2, -0.15) is 0 Å². The zero-order valence-corrected chi connectivity index (χ0v) is 10.9. The standard InChI is InChI=1S/C11H13N3O2S/c1-5-6(2)17-10-9(5)11(16)14(7(3)12-10)13-8(4)15/h1-4H3,(H,13,15). The molecule has 0 radical (unpaired) electrons. The molecule has 0 aliphatic heterocycles. The van der Waals surface area contributed by atoms with E-state index in [9.17, 15) is 9.59 Å². The van der Waals surface area contributed by atoms with E-state index in [2.05, 4.69) is 10.4 Å². The summed E-state index contributed by atoms with van der Waals surface area (Å²) >= 11 is 1.50. The third-order valence-corrected chi connectivity index (χ3v) is 3.74. The number of hydrogen-bond acceptors (Lipinski definition) is 4. The van der Waals surface area contributed by atoms with Crippen LogP contribution in [-0.2, 0) is 4.79 Å². The van der Waals surface area contributed by atoms with Crippen LogP contribution < -0.4 is 11.0 Å². The van der Waals surface area contributed by atoms with Crippen molar-refractivity contribution in [1.29, 1.82) is 0 Å². The van der Waals surface area contributed by atoms with Crippen molar-refractivity contribution >= 4 is 27.5 Å². The van der Waals surface area contributed by atoms with Crippen molar-refractivity contribution in [1.82, 2.24) is 9.66 Å². The van der Waals surface area contributed by atoms with Crippen LogP contribution in [0.2, 0.25) is 0 Å². The number of fused-ring (bicyclic) bond motifs is 1. The van der Waals surface area contributed by atoms with Gasteiger partial charge in [-0.05, 0) is 26.3 Å². The predicted molar refractivity (Wildman–Crippen MR) is 68.1 cm³/mol. The molecule has 1 amide bonds. The molecule has 2 rings (SSSR count). The second kappa shape index (κ2) is 3.96. The fraction of sp³-hybridized carbons (Fsp3) is 0.364. The van der Waals surface area contributed by atoms with Gasteiger partial charge < -0.3 is 0 Å². The monoisotopic (exact) mass is 251 g/mol. The maximum atomic E-state index is 12.2. The summed E-state index contributed by atoms with van der Waals surface area (Å²) in [5.74, 6) is 0.194. The van der Waals surface area contributed by atoms with E-state index in [1.54, 1.807) is 6.92 Å². The van der Waals surface area contributed by atoms with Gasteiger partial charge in [0.2, 0.25) is 5.91 Å². The van der Waals surface area contributed by atoms with Gasteiger partial charge in [-0.3, -0.25) is 15.0 Å². The molecule has 17 heavy (non-hydrogen) atoms. The minimum Gasteiger partial charge on any atom is -0.274 e. The summed E-state index contributed by atoms with van der Waals surface area (Å²) in [5.41, 5.74) is 3.19. The Morgan fingerprint density at radius 3 is 2.59 bits per heavy atom. The quantitative estimate of drug-likeness (QED) is 0.834. The molecule has 6 heteroatoms. The lowest BCUT2D eigenvalue weighted by Gasteiger charge is -2.08. The molecule has 2 heterocycles. The normalized spacial score (nSPS) is 10.8. The zero-order chi connectivity index (χ0) is 12.7. The van der Waals surface area contributed by atoms with Gasteiger partial charge in [0.25, 0.3) is 5.56 Å². The Morgan fingerprint density at radius 2 is 2.00 bits per heavy atom. The summed E-state index contributed by atoms with van der Waals surface area (Å²) in [6, 6.07) is 0. The highest BCUT2D eigenvalue weighted by Crippen LogP contribution is 2.25. The summed E-state index contributed by atoms with van der Waals surface area (Å²) in [6.07, 6.45) is 0. The molecule has 0 aromatic carbocycles. The van der Waals surface area contributed by atoms with E-state index in [0.717, 1.165) is 15.3 Å². The van der Waals surface area contributed by atoms with Crippen LogP contribution in [0.1, 0.15) is 23.2 Å².